The van der Waals surface area contributed by atoms with Gasteiger partial charge in [0.05, 0.1) is 0 Å². The van der Waals surface area contributed by atoms with Crippen LogP contribution in [-0.4, -0.2) is 5.33 Å². The van der Waals surface area contributed by atoms with Gasteiger partial charge in [-0.1, -0.05) is 46.2 Å². The first-order valence-corrected chi connectivity index (χ1v) is 5.56. The Kier molecular flexibility index (Phi) is 6.45. The maximum Gasteiger partial charge on any atom is 0.0214 e. The van der Waals surface area contributed by atoms with Crippen molar-refractivity contribution in [3.63, 3.8) is 0 Å². The molecule has 0 saturated heterocycles. The standard InChI is InChI=1S/C11H19Br/c1-9(2)5-6-10(3)11(4)7-8-12/h5,7,10H,6,8H2,1-4H3/b11-7+. The van der Waals surface area contributed by atoms with Crippen molar-refractivity contribution in [2.45, 2.75) is 34.1 Å². The smallest absolute Gasteiger partial charge is 0.0214 e. The molecule has 0 heterocycles. The Morgan fingerprint density at radius 3 is 2.25 bits per heavy atom. The second-order valence-electron chi connectivity index (χ2n) is 3.52. The van der Waals surface area contributed by atoms with Crippen LogP contribution in [-0.2, 0) is 0 Å². The lowest BCUT2D eigenvalue weighted by atomic mass is 9.98. The zero-order chi connectivity index (χ0) is 9.56. The molecular weight excluding hydrogens is 212 g/mol. The molecular formula is C11H19Br. The molecule has 0 aliphatic carbocycles. The van der Waals surface area contributed by atoms with E-state index in [1.54, 1.807) is 0 Å². The van der Waals surface area contributed by atoms with E-state index in [4.69, 9.17) is 0 Å². The van der Waals surface area contributed by atoms with Crippen LogP contribution in [0.3, 0.4) is 0 Å². The van der Waals surface area contributed by atoms with Gasteiger partial charge in [0.1, 0.15) is 0 Å². The fourth-order valence-corrected chi connectivity index (χ4v) is 1.43. The lowest BCUT2D eigenvalue weighted by Gasteiger charge is -2.09. The van der Waals surface area contributed by atoms with Crippen molar-refractivity contribution in [3.05, 3.63) is 23.3 Å². The van der Waals surface area contributed by atoms with Crippen LogP contribution in [0.15, 0.2) is 23.3 Å². The molecule has 0 aromatic heterocycles. The van der Waals surface area contributed by atoms with E-state index in [2.05, 4.69) is 55.8 Å². The molecule has 0 bridgehead atoms. The highest BCUT2D eigenvalue weighted by atomic mass is 79.9. The summed E-state index contributed by atoms with van der Waals surface area (Å²) in [7, 11) is 0. The highest BCUT2D eigenvalue weighted by molar-refractivity contribution is 9.09. The third-order valence-electron chi connectivity index (χ3n) is 2.06. The van der Waals surface area contributed by atoms with E-state index in [0.717, 1.165) is 11.8 Å². The van der Waals surface area contributed by atoms with Gasteiger partial charge in [0.15, 0.2) is 0 Å². The first-order chi connectivity index (χ1) is 5.57. The van der Waals surface area contributed by atoms with Gasteiger partial charge < -0.3 is 0 Å². The average Bonchev–Trinajstić information content (AvgIpc) is 2.00. The van der Waals surface area contributed by atoms with Crippen LogP contribution in [0.5, 0.6) is 0 Å². The molecule has 0 aromatic rings. The van der Waals surface area contributed by atoms with Gasteiger partial charge in [-0.3, -0.25) is 0 Å². The van der Waals surface area contributed by atoms with Crippen molar-refractivity contribution in [1.82, 2.24) is 0 Å². The quantitative estimate of drug-likeness (QED) is 0.499. The molecule has 0 saturated carbocycles. The molecule has 1 unspecified atom stereocenters. The van der Waals surface area contributed by atoms with Gasteiger partial charge in [-0.15, -0.1) is 0 Å². The van der Waals surface area contributed by atoms with Crippen molar-refractivity contribution >= 4 is 15.9 Å². The number of hydrogen-bond acceptors (Lipinski definition) is 0. The van der Waals surface area contributed by atoms with E-state index in [1.807, 2.05) is 0 Å². The second-order valence-corrected chi connectivity index (χ2v) is 4.17. The van der Waals surface area contributed by atoms with Crippen LogP contribution in [0, 0.1) is 5.92 Å². The molecule has 0 nitrogen and oxygen atoms in total. The van der Waals surface area contributed by atoms with Crippen LogP contribution in [0.2, 0.25) is 0 Å². The minimum atomic E-state index is 0.678. The number of rotatable bonds is 4. The molecule has 0 aliphatic heterocycles. The lowest BCUT2D eigenvalue weighted by Crippen LogP contribution is -1.94. The van der Waals surface area contributed by atoms with Gasteiger partial charge in [-0.25, -0.2) is 0 Å². The summed E-state index contributed by atoms with van der Waals surface area (Å²) in [6.45, 7) is 8.77. The molecule has 1 atom stereocenters. The molecule has 0 fully saturated rings. The summed E-state index contributed by atoms with van der Waals surface area (Å²) in [5.74, 6) is 0.678. The molecule has 0 radical (unpaired) electrons. The van der Waals surface area contributed by atoms with E-state index >= 15 is 0 Å². The molecule has 0 amide bonds. The summed E-state index contributed by atoms with van der Waals surface area (Å²) in [6, 6.07) is 0. The van der Waals surface area contributed by atoms with Crippen LogP contribution >= 0.6 is 15.9 Å². The van der Waals surface area contributed by atoms with E-state index in [9.17, 15) is 0 Å². The summed E-state index contributed by atoms with van der Waals surface area (Å²) >= 11 is 3.41. The Morgan fingerprint density at radius 1 is 1.25 bits per heavy atom. The van der Waals surface area contributed by atoms with Crippen molar-refractivity contribution in [3.8, 4) is 0 Å². The van der Waals surface area contributed by atoms with Gasteiger partial charge in [-0.2, -0.15) is 0 Å². The van der Waals surface area contributed by atoms with Gasteiger partial charge in [0, 0.05) is 5.33 Å². The molecule has 1 heteroatoms. The Labute approximate surface area is 84.9 Å². The first kappa shape index (κ1) is 12.0. The summed E-state index contributed by atoms with van der Waals surface area (Å²) < 4.78 is 0. The Hall–Kier alpha value is -0.0400. The summed E-state index contributed by atoms with van der Waals surface area (Å²) in [5, 5.41) is 0.970. The summed E-state index contributed by atoms with van der Waals surface area (Å²) in [5.41, 5.74) is 2.89. The van der Waals surface area contributed by atoms with Gasteiger partial charge >= 0.3 is 0 Å². The monoisotopic (exact) mass is 230 g/mol. The maximum absolute atomic E-state index is 3.41. The SMILES string of the molecule is CC(C)=CCC(C)/C(C)=C/CBr. The summed E-state index contributed by atoms with van der Waals surface area (Å²) in [4.78, 5) is 0. The third-order valence-corrected chi connectivity index (χ3v) is 2.38. The number of halogens is 1. The first-order valence-electron chi connectivity index (χ1n) is 4.44. The molecule has 0 aromatic carbocycles. The van der Waals surface area contributed by atoms with E-state index < -0.39 is 0 Å². The van der Waals surface area contributed by atoms with Gasteiger partial charge in [0.25, 0.3) is 0 Å². The van der Waals surface area contributed by atoms with E-state index in [1.165, 1.54) is 11.1 Å². The van der Waals surface area contributed by atoms with E-state index in [0.29, 0.717) is 5.92 Å². The number of alkyl halides is 1. The van der Waals surface area contributed by atoms with Crippen LogP contribution in [0.4, 0.5) is 0 Å². The van der Waals surface area contributed by atoms with E-state index in [-0.39, 0.29) is 0 Å². The van der Waals surface area contributed by atoms with Crippen molar-refractivity contribution in [1.29, 1.82) is 0 Å². The highest BCUT2D eigenvalue weighted by Gasteiger charge is 2.00. The molecule has 70 valence electrons. The normalized spacial score (nSPS) is 14.2. The predicted octanol–water partition coefficient (Wildman–Crippen LogP) is 4.32. The molecule has 12 heavy (non-hydrogen) atoms. The van der Waals surface area contributed by atoms with Crippen molar-refractivity contribution in [2.75, 3.05) is 5.33 Å². The fourth-order valence-electron chi connectivity index (χ4n) is 0.921. The Bertz CT molecular complexity index is 173. The molecule has 0 aliphatic rings. The number of hydrogen-bond donors (Lipinski definition) is 0. The van der Waals surface area contributed by atoms with Crippen LogP contribution < -0.4 is 0 Å². The highest BCUT2D eigenvalue weighted by Crippen LogP contribution is 2.15. The number of allylic oxidation sites excluding steroid dienone is 4. The van der Waals surface area contributed by atoms with Crippen LogP contribution in [0.25, 0.3) is 0 Å². The van der Waals surface area contributed by atoms with Crippen LogP contribution in [0.1, 0.15) is 34.1 Å². The third kappa shape index (κ3) is 5.59. The topological polar surface area (TPSA) is 0 Å². The minimum absolute atomic E-state index is 0.678. The van der Waals surface area contributed by atoms with Crippen molar-refractivity contribution in [2.24, 2.45) is 5.92 Å². The fraction of sp³-hybridized carbons (Fsp3) is 0.636. The molecule has 0 spiro atoms. The van der Waals surface area contributed by atoms with Gasteiger partial charge in [0.2, 0.25) is 0 Å². The average molecular weight is 231 g/mol. The molecule has 0 N–H and O–H groups in total. The minimum Gasteiger partial charge on any atom is -0.0883 e. The Morgan fingerprint density at radius 2 is 1.83 bits per heavy atom. The van der Waals surface area contributed by atoms with Crippen molar-refractivity contribution < 1.29 is 0 Å². The largest absolute Gasteiger partial charge is 0.0883 e. The lowest BCUT2D eigenvalue weighted by molar-refractivity contribution is 0.691. The Balaban J connectivity index is 3.95. The molecule has 0 rings (SSSR count). The zero-order valence-corrected chi connectivity index (χ0v) is 10.1. The second kappa shape index (κ2) is 6.47. The predicted molar refractivity (Wildman–Crippen MR) is 60.8 cm³/mol. The summed E-state index contributed by atoms with van der Waals surface area (Å²) in [6.07, 6.45) is 5.71. The maximum atomic E-state index is 3.41. The zero-order valence-electron chi connectivity index (χ0n) is 8.52. The van der Waals surface area contributed by atoms with Gasteiger partial charge in [-0.05, 0) is 33.1 Å².